The molecule has 2 rings (SSSR count). The Kier molecular flexibility index (Phi) is 5.29. The fourth-order valence-corrected chi connectivity index (χ4v) is 1.94. The summed E-state index contributed by atoms with van der Waals surface area (Å²) < 4.78 is 7.68. The lowest BCUT2D eigenvalue weighted by atomic mass is 10.2. The summed E-state index contributed by atoms with van der Waals surface area (Å²) in [5.41, 5.74) is 7.60. The topological polar surface area (TPSA) is 65.1 Å². The van der Waals surface area contributed by atoms with Crippen molar-refractivity contribution < 1.29 is 4.74 Å². The lowest BCUT2D eigenvalue weighted by molar-refractivity contribution is 0.318. The lowest BCUT2D eigenvalue weighted by Crippen LogP contribution is -2.06. The SMILES string of the molecule is CCCOc1cc(N)cc(NCCCn2ccnc2)c1. The smallest absolute Gasteiger partial charge is 0.123 e. The average molecular weight is 274 g/mol. The van der Waals surface area contributed by atoms with Crippen molar-refractivity contribution in [3.63, 3.8) is 0 Å². The van der Waals surface area contributed by atoms with Crippen molar-refractivity contribution >= 4 is 11.4 Å². The van der Waals surface area contributed by atoms with E-state index in [-0.39, 0.29) is 0 Å². The van der Waals surface area contributed by atoms with Crippen LogP contribution in [0.15, 0.2) is 36.9 Å². The molecule has 0 unspecified atom stereocenters. The molecule has 0 spiro atoms. The zero-order valence-electron chi connectivity index (χ0n) is 11.9. The van der Waals surface area contributed by atoms with Gasteiger partial charge in [-0.1, -0.05) is 6.92 Å². The first-order valence-electron chi connectivity index (χ1n) is 7.01. The van der Waals surface area contributed by atoms with Gasteiger partial charge in [-0.2, -0.15) is 0 Å². The number of rotatable bonds is 8. The molecule has 5 nitrogen and oxygen atoms in total. The Morgan fingerprint density at radius 1 is 1.35 bits per heavy atom. The lowest BCUT2D eigenvalue weighted by Gasteiger charge is -2.11. The van der Waals surface area contributed by atoms with E-state index >= 15 is 0 Å². The maximum atomic E-state index is 5.88. The number of nitrogens with two attached hydrogens (primary N) is 1. The molecule has 2 aromatic rings. The van der Waals surface area contributed by atoms with Gasteiger partial charge in [-0.05, 0) is 18.9 Å². The van der Waals surface area contributed by atoms with Crippen LogP contribution in [-0.2, 0) is 6.54 Å². The van der Waals surface area contributed by atoms with Crippen LogP contribution in [0.25, 0.3) is 0 Å². The number of aromatic nitrogens is 2. The number of nitrogens with one attached hydrogen (secondary N) is 1. The molecule has 0 fully saturated rings. The van der Waals surface area contributed by atoms with Crippen LogP contribution >= 0.6 is 0 Å². The number of hydrogen-bond donors (Lipinski definition) is 2. The molecular weight excluding hydrogens is 252 g/mol. The highest BCUT2D eigenvalue weighted by Crippen LogP contribution is 2.22. The molecule has 0 amide bonds. The Morgan fingerprint density at radius 3 is 3.00 bits per heavy atom. The van der Waals surface area contributed by atoms with E-state index in [2.05, 4.69) is 21.8 Å². The number of hydrogen-bond acceptors (Lipinski definition) is 4. The largest absolute Gasteiger partial charge is 0.493 e. The number of ether oxygens (including phenoxy) is 1. The first-order chi connectivity index (χ1) is 9.78. The van der Waals surface area contributed by atoms with Gasteiger partial charge in [-0.15, -0.1) is 0 Å². The maximum Gasteiger partial charge on any atom is 0.123 e. The van der Waals surface area contributed by atoms with E-state index in [1.54, 1.807) is 6.20 Å². The Hall–Kier alpha value is -2.17. The van der Waals surface area contributed by atoms with Crippen molar-refractivity contribution in [1.82, 2.24) is 9.55 Å². The number of imidazole rings is 1. The number of benzene rings is 1. The molecule has 0 aliphatic carbocycles. The highest BCUT2D eigenvalue weighted by Gasteiger charge is 2.00. The van der Waals surface area contributed by atoms with E-state index in [0.29, 0.717) is 6.61 Å². The van der Waals surface area contributed by atoms with Gasteiger partial charge in [-0.25, -0.2) is 4.98 Å². The summed E-state index contributed by atoms with van der Waals surface area (Å²) in [4.78, 5) is 4.02. The first-order valence-corrected chi connectivity index (χ1v) is 7.01. The summed E-state index contributed by atoms with van der Waals surface area (Å²) in [7, 11) is 0. The van der Waals surface area contributed by atoms with Gasteiger partial charge < -0.3 is 20.4 Å². The summed E-state index contributed by atoms with van der Waals surface area (Å²) in [5, 5.41) is 3.37. The molecule has 3 N–H and O–H groups in total. The minimum atomic E-state index is 0.712. The molecular formula is C15H22N4O. The molecule has 108 valence electrons. The Morgan fingerprint density at radius 2 is 2.25 bits per heavy atom. The third-order valence-corrected chi connectivity index (χ3v) is 2.88. The third kappa shape index (κ3) is 4.50. The van der Waals surface area contributed by atoms with Crippen molar-refractivity contribution in [2.24, 2.45) is 0 Å². The molecule has 0 atom stereocenters. The second-order valence-electron chi connectivity index (χ2n) is 4.72. The summed E-state index contributed by atoms with van der Waals surface area (Å²) in [6, 6.07) is 5.77. The Bertz CT molecular complexity index is 511. The van der Waals surface area contributed by atoms with Crippen molar-refractivity contribution in [2.75, 3.05) is 24.2 Å². The van der Waals surface area contributed by atoms with Gasteiger partial charge in [0.05, 0.1) is 12.9 Å². The van der Waals surface area contributed by atoms with Crippen LogP contribution in [0.3, 0.4) is 0 Å². The predicted molar refractivity (Wildman–Crippen MR) is 82.0 cm³/mol. The van der Waals surface area contributed by atoms with Crippen LogP contribution in [0.2, 0.25) is 0 Å². The van der Waals surface area contributed by atoms with Gasteiger partial charge in [-0.3, -0.25) is 0 Å². The summed E-state index contributed by atoms with van der Waals surface area (Å²) >= 11 is 0. The highest BCUT2D eigenvalue weighted by atomic mass is 16.5. The van der Waals surface area contributed by atoms with E-state index in [0.717, 1.165) is 43.1 Å². The maximum absolute atomic E-state index is 5.88. The normalized spacial score (nSPS) is 10.4. The minimum absolute atomic E-state index is 0.712. The van der Waals surface area contributed by atoms with Crippen LogP contribution in [0.4, 0.5) is 11.4 Å². The van der Waals surface area contributed by atoms with Crippen LogP contribution in [0.1, 0.15) is 19.8 Å². The summed E-state index contributed by atoms with van der Waals surface area (Å²) in [5.74, 6) is 0.823. The second kappa shape index (κ2) is 7.43. The van der Waals surface area contributed by atoms with Crippen molar-refractivity contribution in [3.05, 3.63) is 36.9 Å². The van der Waals surface area contributed by atoms with Gasteiger partial charge in [0, 0.05) is 49.0 Å². The molecule has 0 bridgehead atoms. The van der Waals surface area contributed by atoms with Gasteiger partial charge in [0.1, 0.15) is 5.75 Å². The first kappa shape index (κ1) is 14.2. The second-order valence-corrected chi connectivity index (χ2v) is 4.72. The molecule has 1 aromatic heterocycles. The van der Waals surface area contributed by atoms with E-state index in [1.807, 2.05) is 30.7 Å². The summed E-state index contributed by atoms with van der Waals surface area (Å²) in [6.45, 7) is 4.63. The van der Waals surface area contributed by atoms with Crippen LogP contribution in [-0.4, -0.2) is 22.7 Å². The highest BCUT2D eigenvalue weighted by molar-refractivity contribution is 5.59. The summed E-state index contributed by atoms with van der Waals surface area (Å²) in [6.07, 6.45) is 7.61. The third-order valence-electron chi connectivity index (χ3n) is 2.88. The van der Waals surface area contributed by atoms with Gasteiger partial charge in [0.25, 0.3) is 0 Å². The molecule has 1 heterocycles. The Balaban J connectivity index is 1.80. The zero-order valence-corrected chi connectivity index (χ0v) is 11.9. The minimum Gasteiger partial charge on any atom is -0.493 e. The van der Waals surface area contributed by atoms with Gasteiger partial charge in [0.15, 0.2) is 0 Å². The molecule has 1 aromatic carbocycles. The van der Waals surface area contributed by atoms with E-state index in [1.165, 1.54) is 0 Å². The fraction of sp³-hybridized carbons (Fsp3) is 0.400. The molecule has 0 saturated heterocycles. The van der Waals surface area contributed by atoms with Crippen LogP contribution in [0, 0.1) is 0 Å². The number of anilines is 2. The standard InChI is InChI=1S/C15H22N4O/c1-2-8-20-15-10-13(16)9-14(11-15)18-4-3-6-19-7-5-17-12-19/h5,7,9-12,18H,2-4,6,8,16H2,1H3. The van der Waals surface area contributed by atoms with E-state index in [4.69, 9.17) is 10.5 Å². The number of aryl methyl sites for hydroxylation is 1. The number of nitrogens with zero attached hydrogens (tertiary/aromatic N) is 2. The van der Waals surface area contributed by atoms with E-state index < -0.39 is 0 Å². The molecule has 0 radical (unpaired) electrons. The zero-order chi connectivity index (χ0) is 14.2. The average Bonchev–Trinajstić information content (AvgIpc) is 2.94. The Labute approximate surface area is 119 Å². The van der Waals surface area contributed by atoms with Crippen LogP contribution < -0.4 is 15.8 Å². The predicted octanol–water partition coefficient (Wildman–Crippen LogP) is 2.76. The molecule has 0 aliphatic heterocycles. The van der Waals surface area contributed by atoms with Crippen molar-refractivity contribution in [3.8, 4) is 5.75 Å². The number of nitrogen functional groups attached to an aromatic ring is 1. The quantitative estimate of drug-likeness (QED) is 0.574. The molecule has 20 heavy (non-hydrogen) atoms. The van der Waals surface area contributed by atoms with Gasteiger partial charge in [0.2, 0.25) is 0 Å². The van der Waals surface area contributed by atoms with Crippen LogP contribution in [0.5, 0.6) is 5.75 Å². The van der Waals surface area contributed by atoms with Gasteiger partial charge >= 0.3 is 0 Å². The van der Waals surface area contributed by atoms with Crippen molar-refractivity contribution in [1.29, 1.82) is 0 Å². The van der Waals surface area contributed by atoms with Crippen molar-refractivity contribution in [2.45, 2.75) is 26.3 Å². The molecule has 5 heteroatoms. The fourth-order valence-electron chi connectivity index (χ4n) is 1.94. The molecule has 0 aliphatic rings. The molecule has 0 saturated carbocycles. The van der Waals surface area contributed by atoms with E-state index in [9.17, 15) is 0 Å². The monoisotopic (exact) mass is 274 g/mol.